The first kappa shape index (κ1) is 4.95. The van der Waals surface area contributed by atoms with Crippen LogP contribution in [0.15, 0.2) is 12.2 Å². The van der Waals surface area contributed by atoms with Crippen LogP contribution in [-0.2, 0) is 0 Å². The van der Waals surface area contributed by atoms with Crippen molar-refractivity contribution >= 4 is 7.28 Å². The van der Waals surface area contributed by atoms with Gasteiger partial charge in [0, 0.05) is 0 Å². The third-order valence-electron chi connectivity index (χ3n) is 1.25. The van der Waals surface area contributed by atoms with Crippen molar-refractivity contribution in [1.82, 2.24) is 0 Å². The zero-order chi connectivity index (χ0) is 4.95. The zero-order valence-corrected chi connectivity index (χ0v) is 4.56. The van der Waals surface area contributed by atoms with Gasteiger partial charge in [-0.3, -0.25) is 0 Å². The fraction of sp³-hybridized carbons (Fsp3) is 0.667. The van der Waals surface area contributed by atoms with Gasteiger partial charge >= 0.3 is 0 Å². The van der Waals surface area contributed by atoms with E-state index in [9.17, 15) is 0 Å². The van der Waals surface area contributed by atoms with Crippen LogP contribution in [-0.4, -0.2) is 7.28 Å². The quantitative estimate of drug-likeness (QED) is 0.316. The number of allylic oxidation sites excluding steroid dienone is 2. The Hall–Kier alpha value is -0.195. The third kappa shape index (κ3) is 1.81. The molecule has 0 unspecified atom stereocenters. The maximum atomic E-state index is 2.34. The van der Waals surface area contributed by atoms with Crippen LogP contribution in [0.3, 0.4) is 0 Å². The second kappa shape index (κ2) is 2.89. The normalized spacial score (nSPS) is 20.6. The van der Waals surface area contributed by atoms with E-state index in [4.69, 9.17) is 0 Å². The highest BCUT2D eigenvalue weighted by Gasteiger charge is 1.90. The summed E-state index contributed by atoms with van der Waals surface area (Å²) >= 11 is 0. The monoisotopic (exact) mass is 93.1 g/mol. The van der Waals surface area contributed by atoms with Gasteiger partial charge in [0.25, 0.3) is 0 Å². The molecule has 1 heteroatoms. The average molecular weight is 93.0 g/mol. The standard InChI is InChI=1S/C6H10B/c1-2-4-6-7-5-3-1/h1,3H,2,4-6H2. The molecule has 0 nitrogen and oxygen atoms in total. The summed E-state index contributed by atoms with van der Waals surface area (Å²) in [6.45, 7) is 0. The van der Waals surface area contributed by atoms with Crippen molar-refractivity contribution < 1.29 is 0 Å². The Bertz CT molecular complexity index is 58.6. The van der Waals surface area contributed by atoms with Crippen molar-refractivity contribution in [2.45, 2.75) is 25.5 Å². The molecule has 0 amide bonds. The van der Waals surface area contributed by atoms with E-state index in [2.05, 4.69) is 19.4 Å². The van der Waals surface area contributed by atoms with Crippen molar-refractivity contribution in [2.24, 2.45) is 0 Å². The molecule has 0 fully saturated rings. The van der Waals surface area contributed by atoms with Gasteiger partial charge in [-0.25, -0.2) is 0 Å². The fourth-order valence-electron chi connectivity index (χ4n) is 0.808. The third-order valence-corrected chi connectivity index (χ3v) is 1.25. The van der Waals surface area contributed by atoms with Gasteiger partial charge in [0.05, 0.1) is 0 Å². The van der Waals surface area contributed by atoms with E-state index in [1.807, 2.05) is 0 Å². The second-order valence-electron chi connectivity index (χ2n) is 1.93. The highest BCUT2D eigenvalue weighted by atomic mass is 13.8. The number of rotatable bonds is 0. The largest absolute Gasteiger partial charge is 0.114 e. The van der Waals surface area contributed by atoms with Gasteiger partial charge in [-0.2, -0.15) is 0 Å². The zero-order valence-electron chi connectivity index (χ0n) is 4.56. The first-order valence-corrected chi connectivity index (χ1v) is 2.97. The van der Waals surface area contributed by atoms with Crippen LogP contribution in [0.1, 0.15) is 12.8 Å². The molecule has 1 rings (SSSR count). The molecule has 0 aromatic rings. The van der Waals surface area contributed by atoms with E-state index in [0.717, 1.165) is 0 Å². The summed E-state index contributed by atoms with van der Waals surface area (Å²) in [5.74, 6) is 0. The van der Waals surface area contributed by atoms with Crippen LogP contribution >= 0.6 is 0 Å². The molecule has 0 spiro atoms. The van der Waals surface area contributed by atoms with Gasteiger partial charge in [0.1, 0.15) is 7.28 Å². The molecule has 0 bridgehead atoms. The predicted octanol–water partition coefficient (Wildman–Crippen LogP) is 1.88. The molecule has 37 valence electrons. The minimum absolute atomic E-state index is 1.19. The maximum Gasteiger partial charge on any atom is 0.114 e. The summed E-state index contributed by atoms with van der Waals surface area (Å²) in [6.07, 6.45) is 9.66. The molecule has 1 radical (unpaired) electrons. The van der Waals surface area contributed by atoms with Crippen molar-refractivity contribution in [3.8, 4) is 0 Å². The van der Waals surface area contributed by atoms with Crippen molar-refractivity contribution in [3.05, 3.63) is 12.2 Å². The van der Waals surface area contributed by atoms with Gasteiger partial charge < -0.3 is 0 Å². The van der Waals surface area contributed by atoms with E-state index in [0.29, 0.717) is 0 Å². The number of hydrogen-bond acceptors (Lipinski definition) is 0. The first-order chi connectivity index (χ1) is 3.50. The van der Waals surface area contributed by atoms with E-state index < -0.39 is 0 Å². The topological polar surface area (TPSA) is 0 Å². The predicted molar refractivity (Wildman–Crippen MR) is 33.7 cm³/mol. The summed E-state index contributed by atoms with van der Waals surface area (Å²) in [5, 5.41) is 0. The summed E-state index contributed by atoms with van der Waals surface area (Å²) in [6, 6.07) is 0. The highest BCUT2D eigenvalue weighted by Crippen LogP contribution is 2.03. The average Bonchev–Trinajstić information content (AvgIpc) is 1.90. The molecule has 1 heterocycles. The minimum atomic E-state index is 1.19. The lowest BCUT2D eigenvalue weighted by Crippen LogP contribution is -1.80. The van der Waals surface area contributed by atoms with Crippen LogP contribution < -0.4 is 0 Å². The minimum Gasteiger partial charge on any atom is -0.0964 e. The summed E-state index contributed by atoms with van der Waals surface area (Å²) in [7, 11) is 2.34. The van der Waals surface area contributed by atoms with Gasteiger partial charge in [0.15, 0.2) is 0 Å². The molecule has 0 N–H and O–H groups in total. The van der Waals surface area contributed by atoms with Crippen molar-refractivity contribution in [3.63, 3.8) is 0 Å². The fourth-order valence-corrected chi connectivity index (χ4v) is 0.808. The van der Waals surface area contributed by atoms with Crippen molar-refractivity contribution in [2.75, 3.05) is 0 Å². The Morgan fingerprint density at radius 1 is 1.29 bits per heavy atom. The van der Waals surface area contributed by atoms with Gasteiger partial charge in [-0.05, 0) is 6.42 Å². The summed E-state index contributed by atoms with van der Waals surface area (Å²) in [5.41, 5.74) is 0. The van der Waals surface area contributed by atoms with Crippen LogP contribution in [0.4, 0.5) is 0 Å². The lowest BCUT2D eigenvalue weighted by Gasteiger charge is -1.84. The SMILES string of the molecule is [B]1CC=CCCC1. The number of hydrogen-bond donors (Lipinski definition) is 0. The molecule has 0 aromatic carbocycles. The van der Waals surface area contributed by atoms with Crippen LogP contribution in [0.2, 0.25) is 12.6 Å². The Morgan fingerprint density at radius 2 is 2.29 bits per heavy atom. The van der Waals surface area contributed by atoms with Gasteiger partial charge in [-0.1, -0.05) is 31.2 Å². The Balaban J connectivity index is 2.20. The summed E-state index contributed by atoms with van der Waals surface area (Å²) in [4.78, 5) is 0. The van der Waals surface area contributed by atoms with E-state index in [1.54, 1.807) is 0 Å². The molecule has 1 aliphatic heterocycles. The first-order valence-electron chi connectivity index (χ1n) is 2.97. The highest BCUT2D eigenvalue weighted by molar-refractivity contribution is 6.36. The maximum absolute atomic E-state index is 2.34. The smallest absolute Gasteiger partial charge is 0.0964 e. The van der Waals surface area contributed by atoms with E-state index in [-0.39, 0.29) is 0 Å². The van der Waals surface area contributed by atoms with E-state index in [1.165, 1.54) is 25.5 Å². The van der Waals surface area contributed by atoms with Crippen molar-refractivity contribution in [1.29, 1.82) is 0 Å². The molecular weight excluding hydrogens is 82.9 g/mol. The van der Waals surface area contributed by atoms with Gasteiger partial charge in [0.2, 0.25) is 0 Å². The molecule has 0 saturated heterocycles. The molecule has 0 atom stereocenters. The Morgan fingerprint density at radius 3 is 3.29 bits per heavy atom. The van der Waals surface area contributed by atoms with E-state index >= 15 is 0 Å². The lowest BCUT2D eigenvalue weighted by atomic mass is 9.71. The molecular formula is C6H10B. The molecule has 0 aromatic heterocycles. The summed E-state index contributed by atoms with van der Waals surface area (Å²) < 4.78 is 0. The van der Waals surface area contributed by atoms with Crippen LogP contribution in [0.5, 0.6) is 0 Å². The Kier molecular flexibility index (Phi) is 2.05. The van der Waals surface area contributed by atoms with Gasteiger partial charge in [-0.15, -0.1) is 0 Å². The Labute approximate surface area is 45.9 Å². The lowest BCUT2D eigenvalue weighted by molar-refractivity contribution is 0.957. The second-order valence-corrected chi connectivity index (χ2v) is 1.93. The molecule has 0 aliphatic carbocycles. The van der Waals surface area contributed by atoms with Crippen LogP contribution in [0, 0.1) is 0 Å². The molecule has 0 saturated carbocycles. The molecule has 7 heavy (non-hydrogen) atoms. The molecule has 1 aliphatic rings. The van der Waals surface area contributed by atoms with Crippen LogP contribution in [0.25, 0.3) is 0 Å².